The summed E-state index contributed by atoms with van der Waals surface area (Å²) in [5, 5.41) is 0. The molecule has 0 bridgehead atoms. The van der Waals surface area contributed by atoms with Crippen LogP contribution in [0.5, 0.6) is 0 Å². The molecule has 20 heavy (non-hydrogen) atoms. The quantitative estimate of drug-likeness (QED) is 0.832. The first kappa shape index (κ1) is 15.5. The van der Waals surface area contributed by atoms with Gasteiger partial charge in [-0.05, 0) is 50.3 Å². The number of rotatable bonds is 5. The molecule has 3 nitrogen and oxygen atoms in total. The van der Waals surface area contributed by atoms with Crippen LogP contribution in [-0.2, 0) is 16.4 Å². The highest BCUT2D eigenvalue weighted by atomic mass is 32.2. The van der Waals surface area contributed by atoms with Crippen molar-refractivity contribution < 1.29 is 8.42 Å². The third-order valence-corrected chi connectivity index (χ3v) is 6.12. The Morgan fingerprint density at radius 1 is 1.20 bits per heavy atom. The molecule has 0 amide bonds. The van der Waals surface area contributed by atoms with Crippen LogP contribution in [0.4, 0.5) is 0 Å². The van der Waals surface area contributed by atoms with E-state index in [4.69, 9.17) is 0 Å². The first-order chi connectivity index (χ1) is 9.55. The topological polar surface area (TPSA) is 37.4 Å². The van der Waals surface area contributed by atoms with Crippen molar-refractivity contribution in [3.8, 4) is 0 Å². The Morgan fingerprint density at radius 2 is 1.90 bits per heavy atom. The molecule has 1 atom stereocenters. The van der Waals surface area contributed by atoms with Crippen molar-refractivity contribution in [2.24, 2.45) is 0 Å². The second-order valence-electron chi connectivity index (χ2n) is 5.71. The number of benzene rings is 1. The molecule has 112 valence electrons. The average Bonchev–Trinajstić information content (AvgIpc) is 2.46. The van der Waals surface area contributed by atoms with E-state index in [0.29, 0.717) is 11.4 Å². The van der Waals surface area contributed by atoms with E-state index in [9.17, 15) is 8.42 Å². The van der Waals surface area contributed by atoms with Gasteiger partial charge in [-0.1, -0.05) is 31.9 Å². The maximum Gasteiger partial charge on any atom is 0.243 e. The van der Waals surface area contributed by atoms with Gasteiger partial charge in [-0.15, -0.1) is 0 Å². The molecule has 1 fully saturated rings. The first-order valence-electron chi connectivity index (χ1n) is 7.66. The third kappa shape index (κ3) is 3.41. The van der Waals surface area contributed by atoms with Gasteiger partial charge in [0.15, 0.2) is 0 Å². The molecule has 0 N–H and O–H groups in total. The lowest BCUT2D eigenvalue weighted by Gasteiger charge is -2.32. The summed E-state index contributed by atoms with van der Waals surface area (Å²) in [6, 6.07) is 7.56. The van der Waals surface area contributed by atoms with Crippen LogP contribution in [0.2, 0.25) is 0 Å². The van der Waals surface area contributed by atoms with Gasteiger partial charge in [-0.3, -0.25) is 0 Å². The van der Waals surface area contributed by atoms with Crippen molar-refractivity contribution in [2.75, 3.05) is 6.54 Å². The van der Waals surface area contributed by atoms with Gasteiger partial charge in [-0.25, -0.2) is 8.42 Å². The minimum absolute atomic E-state index is 0.119. The second-order valence-corrected chi connectivity index (χ2v) is 7.60. The molecule has 1 aromatic rings. The van der Waals surface area contributed by atoms with Gasteiger partial charge in [0.1, 0.15) is 0 Å². The molecule has 1 aliphatic heterocycles. The van der Waals surface area contributed by atoms with Crippen molar-refractivity contribution in [1.82, 2.24) is 4.31 Å². The second kappa shape index (κ2) is 6.72. The maximum atomic E-state index is 12.6. The van der Waals surface area contributed by atoms with E-state index in [1.807, 2.05) is 19.1 Å². The highest BCUT2D eigenvalue weighted by Crippen LogP contribution is 2.25. The summed E-state index contributed by atoms with van der Waals surface area (Å²) in [5.41, 5.74) is 1.22. The Bertz CT molecular complexity index is 522. The largest absolute Gasteiger partial charge is 0.243 e. The van der Waals surface area contributed by atoms with E-state index in [1.54, 1.807) is 16.4 Å². The van der Waals surface area contributed by atoms with Gasteiger partial charge in [0.2, 0.25) is 10.0 Å². The third-order valence-electron chi connectivity index (χ3n) is 4.09. The Hall–Kier alpha value is -0.870. The molecule has 1 saturated heterocycles. The van der Waals surface area contributed by atoms with Crippen LogP contribution < -0.4 is 0 Å². The Morgan fingerprint density at radius 3 is 2.50 bits per heavy atom. The number of hydrogen-bond acceptors (Lipinski definition) is 2. The molecule has 1 aliphatic rings. The van der Waals surface area contributed by atoms with E-state index >= 15 is 0 Å². The van der Waals surface area contributed by atoms with Gasteiger partial charge >= 0.3 is 0 Å². The van der Waals surface area contributed by atoms with Crippen LogP contribution in [0.3, 0.4) is 0 Å². The molecule has 4 heteroatoms. The lowest BCUT2D eigenvalue weighted by molar-refractivity contribution is 0.268. The number of nitrogens with zero attached hydrogens (tertiary/aromatic N) is 1. The van der Waals surface area contributed by atoms with Gasteiger partial charge in [0.05, 0.1) is 4.90 Å². The lowest BCUT2D eigenvalue weighted by atomic mass is 10.1. The van der Waals surface area contributed by atoms with Crippen LogP contribution in [0, 0.1) is 0 Å². The highest BCUT2D eigenvalue weighted by molar-refractivity contribution is 7.89. The Kier molecular flexibility index (Phi) is 5.22. The van der Waals surface area contributed by atoms with Crippen LogP contribution in [0.1, 0.15) is 51.5 Å². The van der Waals surface area contributed by atoms with Gasteiger partial charge in [-0.2, -0.15) is 4.31 Å². The maximum absolute atomic E-state index is 12.6. The molecule has 0 aliphatic carbocycles. The Balaban J connectivity index is 2.16. The molecule has 1 aromatic carbocycles. The molecule has 0 saturated carbocycles. The zero-order valence-corrected chi connectivity index (χ0v) is 13.3. The number of unbranched alkanes of at least 4 members (excludes halogenated alkanes) is 1. The molecule has 0 radical (unpaired) electrons. The zero-order chi connectivity index (χ0) is 14.6. The summed E-state index contributed by atoms with van der Waals surface area (Å²) in [6.07, 6.45) is 6.40. The van der Waals surface area contributed by atoms with Crippen molar-refractivity contribution in [1.29, 1.82) is 0 Å². The van der Waals surface area contributed by atoms with Crippen LogP contribution in [-0.4, -0.2) is 25.3 Å². The number of hydrogen-bond donors (Lipinski definition) is 0. The smallest absolute Gasteiger partial charge is 0.207 e. The monoisotopic (exact) mass is 295 g/mol. The van der Waals surface area contributed by atoms with Crippen molar-refractivity contribution >= 4 is 10.0 Å². The van der Waals surface area contributed by atoms with E-state index < -0.39 is 10.0 Å². The zero-order valence-electron chi connectivity index (χ0n) is 12.5. The summed E-state index contributed by atoms with van der Waals surface area (Å²) in [6.45, 7) is 4.82. The fraction of sp³-hybridized carbons (Fsp3) is 0.625. The summed E-state index contributed by atoms with van der Waals surface area (Å²) >= 11 is 0. The summed E-state index contributed by atoms with van der Waals surface area (Å²) in [4.78, 5) is 0.437. The van der Waals surface area contributed by atoms with Crippen LogP contribution in [0.15, 0.2) is 29.2 Å². The van der Waals surface area contributed by atoms with E-state index in [2.05, 4.69) is 6.92 Å². The van der Waals surface area contributed by atoms with Crippen molar-refractivity contribution in [3.63, 3.8) is 0 Å². The fourth-order valence-corrected chi connectivity index (χ4v) is 4.47. The molecule has 1 heterocycles. The minimum atomic E-state index is -3.32. The molecule has 0 spiro atoms. The Labute approximate surface area is 123 Å². The van der Waals surface area contributed by atoms with Gasteiger partial charge in [0, 0.05) is 12.6 Å². The average molecular weight is 295 g/mol. The lowest BCUT2D eigenvalue weighted by Crippen LogP contribution is -2.41. The summed E-state index contributed by atoms with van der Waals surface area (Å²) in [7, 11) is -3.32. The summed E-state index contributed by atoms with van der Waals surface area (Å²) < 4.78 is 27.0. The van der Waals surface area contributed by atoms with E-state index in [0.717, 1.165) is 38.5 Å². The van der Waals surface area contributed by atoms with Gasteiger partial charge in [0.25, 0.3) is 0 Å². The van der Waals surface area contributed by atoms with E-state index in [1.165, 1.54) is 5.56 Å². The molecule has 1 unspecified atom stereocenters. The number of sulfonamides is 1. The van der Waals surface area contributed by atoms with Gasteiger partial charge < -0.3 is 0 Å². The normalized spacial score (nSPS) is 21.0. The standard InChI is InChI=1S/C16H25NO2S/c1-3-4-8-15-9-11-16(12-10-15)20(18,19)17-13-6-5-7-14(17)2/h9-12,14H,3-8,13H2,1-2H3. The van der Waals surface area contributed by atoms with Crippen molar-refractivity contribution in [2.45, 2.75) is 63.3 Å². The summed E-state index contributed by atoms with van der Waals surface area (Å²) in [5.74, 6) is 0. The predicted octanol–water partition coefficient (Wildman–Crippen LogP) is 3.59. The van der Waals surface area contributed by atoms with Crippen LogP contribution in [0.25, 0.3) is 0 Å². The van der Waals surface area contributed by atoms with Crippen molar-refractivity contribution in [3.05, 3.63) is 29.8 Å². The van der Waals surface area contributed by atoms with E-state index in [-0.39, 0.29) is 6.04 Å². The predicted molar refractivity (Wildman–Crippen MR) is 82.3 cm³/mol. The van der Waals surface area contributed by atoms with Crippen LogP contribution >= 0.6 is 0 Å². The minimum Gasteiger partial charge on any atom is -0.207 e. The number of aryl methyl sites for hydroxylation is 1. The fourth-order valence-electron chi connectivity index (χ4n) is 2.77. The first-order valence-corrected chi connectivity index (χ1v) is 9.10. The molecular weight excluding hydrogens is 270 g/mol. The molecular formula is C16H25NO2S. The molecule has 2 rings (SSSR count). The highest BCUT2D eigenvalue weighted by Gasteiger charge is 2.30. The number of piperidine rings is 1. The molecule has 0 aromatic heterocycles. The SMILES string of the molecule is CCCCc1ccc(S(=O)(=O)N2CCCCC2C)cc1.